The first-order valence-corrected chi connectivity index (χ1v) is 6.27. The van der Waals surface area contributed by atoms with E-state index in [1.807, 2.05) is 6.07 Å². The van der Waals surface area contributed by atoms with Crippen LogP contribution in [0.3, 0.4) is 0 Å². The van der Waals surface area contributed by atoms with Gasteiger partial charge in [-0.2, -0.15) is 0 Å². The Balaban J connectivity index is 2.04. The van der Waals surface area contributed by atoms with Crippen LogP contribution in [0, 0.1) is 5.82 Å². The first-order valence-electron chi connectivity index (χ1n) is 5.47. The first kappa shape index (κ1) is 11.9. The fraction of sp³-hybridized carbons (Fsp3) is 0.500. The summed E-state index contributed by atoms with van der Waals surface area (Å²) in [6, 6.07) is 5.91. The summed E-state index contributed by atoms with van der Waals surface area (Å²) in [5.74, 6) is -0.212. The molecule has 0 radical (unpaired) electrons. The third kappa shape index (κ3) is 2.74. The van der Waals surface area contributed by atoms with Gasteiger partial charge in [-0.25, -0.2) is 4.39 Å². The summed E-state index contributed by atoms with van der Waals surface area (Å²) in [6.45, 7) is 3.22. The number of likely N-dealkylation sites (tertiary alicyclic amines) is 1. The van der Waals surface area contributed by atoms with Crippen molar-refractivity contribution in [3.05, 3.63) is 28.5 Å². The SMILES string of the molecule is CC1CC(Nc2cc(F)cc(Br)c2)CN1C. The average molecular weight is 287 g/mol. The third-order valence-electron chi connectivity index (χ3n) is 3.12. The van der Waals surface area contributed by atoms with Gasteiger partial charge < -0.3 is 10.2 Å². The highest BCUT2D eigenvalue weighted by Crippen LogP contribution is 2.23. The maximum Gasteiger partial charge on any atom is 0.126 e. The van der Waals surface area contributed by atoms with Crippen LogP contribution in [0.15, 0.2) is 22.7 Å². The van der Waals surface area contributed by atoms with Crippen molar-refractivity contribution in [2.75, 3.05) is 18.9 Å². The molecule has 1 N–H and O–H groups in total. The minimum Gasteiger partial charge on any atom is -0.381 e. The van der Waals surface area contributed by atoms with Crippen molar-refractivity contribution >= 4 is 21.6 Å². The number of benzene rings is 1. The standard InChI is InChI=1S/C12H16BrFN2/c1-8-3-12(7-16(8)2)15-11-5-9(13)4-10(14)6-11/h4-6,8,12,15H,3,7H2,1-2H3. The topological polar surface area (TPSA) is 15.3 Å². The molecule has 2 unspecified atom stereocenters. The van der Waals surface area contributed by atoms with E-state index in [1.54, 1.807) is 0 Å². The maximum atomic E-state index is 13.2. The van der Waals surface area contributed by atoms with Crippen LogP contribution in [-0.4, -0.2) is 30.6 Å². The minimum absolute atomic E-state index is 0.212. The quantitative estimate of drug-likeness (QED) is 0.899. The molecule has 0 aromatic heterocycles. The summed E-state index contributed by atoms with van der Waals surface area (Å²) in [4.78, 5) is 2.31. The Bertz CT molecular complexity index is 353. The van der Waals surface area contributed by atoms with E-state index >= 15 is 0 Å². The molecule has 1 aliphatic heterocycles. The molecule has 1 aromatic carbocycles. The van der Waals surface area contributed by atoms with E-state index in [9.17, 15) is 4.39 Å². The molecule has 2 nitrogen and oxygen atoms in total. The zero-order valence-electron chi connectivity index (χ0n) is 9.50. The highest BCUT2D eigenvalue weighted by atomic mass is 79.9. The zero-order valence-corrected chi connectivity index (χ0v) is 11.1. The summed E-state index contributed by atoms with van der Waals surface area (Å²) in [5.41, 5.74) is 0.847. The molecule has 4 heteroatoms. The van der Waals surface area contributed by atoms with Crippen LogP contribution >= 0.6 is 15.9 Å². The number of hydrogen-bond acceptors (Lipinski definition) is 2. The van der Waals surface area contributed by atoms with Crippen molar-refractivity contribution in [3.8, 4) is 0 Å². The van der Waals surface area contributed by atoms with Crippen LogP contribution in [0.25, 0.3) is 0 Å². The van der Waals surface area contributed by atoms with Gasteiger partial charge in [0.1, 0.15) is 5.82 Å². The van der Waals surface area contributed by atoms with Gasteiger partial charge in [0.2, 0.25) is 0 Å². The van der Waals surface area contributed by atoms with Gasteiger partial charge in [0.25, 0.3) is 0 Å². The normalized spacial score (nSPS) is 26.0. The summed E-state index contributed by atoms with van der Waals surface area (Å²) in [7, 11) is 2.12. The van der Waals surface area contributed by atoms with E-state index in [0.29, 0.717) is 12.1 Å². The van der Waals surface area contributed by atoms with Gasteiger partial charge in [-0.1, -0.05) is 15.9 Å². The largest absolute Gasteiger partial charge is 0.381 e. The molecular formula is C12H16BrFN2. The molecule has 0 spiro atoms. The second-order valence-corrected chi connectivity index (χ2v) is 5.44. The van der Waals surface area contributed by atoms with E-state index in [0.717, 1.165) is 23.1 Å². The number of hydrogen-bond donors (Lipinski definition) is 1. The van der Waals surface area contributed by atoms with E-state index in [4.69, 9.17) is 0 Å². The van der Waals surface area contributed by atoms with Crippen LogP contribution in [0.2, 0.25) is 0 Å². The molecule has 88 valence electrons. The highest BCUT2D eigenvalue weighted by Gasteiger charge is 2.25. The fourth-order valence-corrected chi connectivity index (χ4v) is 2.64. The predicted molar refractivity (Wildman–Crippen MR) is 68.2 cm³/mol. The zero-order chi connectivity index (χ0) is 11.7. The van der Waals surface area contributed by atoms with E-state index in [-0.39, 0.29) is 5.82 Å². The Labute approximate surface area is 104 Å². The van der Waals surface area contributed by atoms with Crippen molar-refractivity contribution in [1.29, 1.82) is 0 Å². The number of rotatable bonds is 2. The van der Waals surface area contributed by atoms with Crippen molar-refractivity contribution < 1.29 is 4.39 Å². The molecule has 0 aliphatic carbocycles. The Morgan fingerprint density at radius 1 is 1.44 bits per heavy atom. The Kier molecular flexibility index (Phi) is 3.50. The van der Waals surface area contributed by atoms with Crippen LogP contribution in [-0.2, 0) is 0 Å². The van der Waals surface area contributed by atoms with Crippen molar-refractivity contribution in [2.24, 2.45) is 0 Å². The number of anilines is 1. The Hall–Kier alpha value is -0.610. The lowest BCUT2D eigenvalue weighted by Gasteiger charge is -2.14. The van der Waals surface area contributed by atoms with Gasteiger partial charge in [0.15, 0.2) is 0 Å². The number of halogens is 2. The van der Waals surface area contributed by atoms with Crippen molar-refractivity contribution in [1.82, 2.24) is 4.90 Å². The van der Waals surface area contributed by atoms with Gasteiger partial charge in [-0.15, -0.1) is 0 Å². The second kappa shape index (κ2) is 4.72. The lowest BCUT2D eigenvalue weighted by Crippen LogP contribution is -2.24. The lowest BCUT2D eigenvalue weighted by atomic mass is 10.2. The fourth-order valence-electron chi connectivity index (χ4n) is 2.17. The smallest absolute Gasteiger partial charge is 0.126 e. The summed E-state index contributed by atoms with van der Waals surface area (Å²) in [6.07, 6.45) is 1.10. The van der Waals surface area contributed by atoms with Crippen LogP contribution in [0.1, 0.15) is 13.3 Å². The number of nitrogens with zero attached hydrogens (tertiary/aromatic N) is 1. The molecule has 16 heavy (non-hydrogen) atoms. The van der Waals surface area contributed by atoms with Gasteiger partial charge in [0.05, 0.1) is 0 Å². The molecule has 1 aliphatic rings. The molecule has 1 fully saturated rings. The van der Waals surface area contributed by atoms with Crippen LogP contribution in [0.4, 0.5) is 10.1 Å². The average Bonchev–Trinajstić information content (AvgIpc) is 2.43. The van der Waals surface area contributed by atoms with E-state index < -0.39 is 0 Å². The van der Waals surface area contributed by atoms with E-state index in [2.05, 4.69) is 40.1 Å². The molecule has 2 rings (SSSR count). The molecule has 2 atom stereocenters. The maximum absolute atomic E-state index is 13.2. The Morgan fingerprint density at radius 2 is 2.19 bits per heavy atom. The molecule has 1 heterocycles. The summed E-state index contributed by atoms with van der Waals surface area (Å²) < 4.78 is 13.9. The van der Waals surface area contributed by atoms with Gasteiger partial charge in [-0.3, -0.25) is 0 Å². The monoisotopic (exact) mass is 286 g/mol. The number of likely N-dealkylation sites (N-methyl/N-ethyl adjacent to an activating group) is 1. The number of nitrogens with one attached hydrogen (secondary N) is 1. The van der Waals surface area contributed by atoms with Crippen LogP contribution < -0.4 is 5.32 Å². The molecule has 1 aromatic rings. The molecule has 0 amide bonds. The molecule has 0 saturated carbocycles. The molecule has 1 saturated heterocycles. The van der Waals surface area contributed by atoms with Gasteiger partial charge >= 0.3 is 0 Å². The molecule has 0 bridgehead atoms. The summed E-state index contributed by atoms with van der Waals surface area (Å²) >= 11 is 3.30. The minimum atomic E-state index is -0.212. The second-order valence-electron chi connectivity index (χ2n) is 4.52. The first-order chi connectivity index (χ1) is 7.54. The van der Waals surface area contributed by atoms with Crippen LogP contribution in [0.5, 0.6) is 0 Å². The molecular weight excluding hydrogens is 271 g/mol. The predicted octanol–water partition coefficient (Wildman–Crippen LogP) is 3.09. The van der Waals surface area contributed by atoms with E-state index in [1.165, 1.54) is 12.1 Å². The summed E-state index contributed by atoms with van der Waals surface area (Å²) in [5, 5.41) is 3.37. The van der Waals surface area contributed by atoms with Crippen molar-refractivity contribution in [2.45, 2.75) is 25.4 Å². The lowest BCUT2D eigenvalue weighted by molar-refractivity contribution is 0.330. The van der Waals surface area contributed by atoms with Gasteiger partial charge in [-0.05, 0) is 38.6 Å². The Morgan fingerprint density at radius 3 is 2.75 bits per heavy atom. The highest BCUT2D eigenvalue weighted by molar-refractivity contribution is 9.10. The van der Waals surface area contributed by atoms with Gasteiger partial charge in [0, 0.05) is 28.8 Å². The third-order valence-corrected chi connectivity index (χ3v) is 3.58. The van der Waals surface area contributed by atoms with Crippen molar-refractivity contribution in [3.63, 3.8) is 0 Å².